The predicted octanol–water partition coefficient (Wildman–Crippen LogP) is 3.66. The van der Waals surface area contributed by atoms with Crippen LogP contribution >= 0.6 is 31.9 Å². The minimum absolute atomic E-state index is 0.0263. The Kier molecular flexibility index (Phi) is 5.64. The molecule has 92 valence electrons. The van der Waals surface area contributed by atoms with E-state index in [1.807, 2.05) is 0 Å². The second kappa shape index (κ2) is 6.76. The van der Waals surface area contributed by atoms with Gasteiger partial charge < -0.3 is 9.84 Å². The zero-order chi connectivity index (χ0) is 12.8. The van der Waals surface area contributed by atoms with Crippen LogP contribution in [-0.2, 0) is 4.79 Å². The first kappa shape index (κ1) is 14.2. The van der Waals surface area contributed by atoms with Crippen LogP contribution in [0.2, 0.25) is 0 Å². The van der Waals surface area contributed by atoms with Gasteiger partial charge in [-0.3, -0.25) is 0 Å². The lowest BCUT2D eigenvalue weighted by Crippen LogP contribution is -2.00. The molecule has 0 aliphatic rings. The molecule has 0 spiro atoms. The molecule has 0 saturated carbocycles. The zero-order valence-corrected chi connectivity index (χ0v) is 11.8. The molecule has 0 amide bonds. The fraction of sp³-hybridized carbons (Fsp3) is 0.182. The number of carboxylic acids is 1. The number of halogens is 3. The van der Waals surface area contributed by atoms with Gasteiger partial charge in [0.2, 0.25) is 0 Å². The highest BCUT2D eigenvalue weighted by Gasteiger charge is 2.08. The minimum atomic E-state index is -1.02. The summed E-state index contributed by atoms with van der Waals surface area (Å²) < 4.78 is 18.4. The smallest absolute Gasteiger partial charge is 0.328 e. The van der Waals surface area contributed by atoms with E-state index in [4.69, 9.17) is 9.84 Å². The van der Waals surface area contributed by atoms with Crippen molar-refractivity contribution in [1.82, 2.24) is 0 Å². The van der Waals surface area contributed by atoms with Gasteiger partial charge in [-0.1, -0.05) is 0 Å². The van der Waals surface area contributed by atoms with Crippen LogP contribution in [0.15, 0.2) is 27.2 Å². The van der Waals surface area contributed by atoms with Gasteiger partial charge in [-0.05, 0) is 55.6 Å². The fourth-order valence-corrected chi connectivity index (χ4v) is 2.57. The Morgan fingerprint density at radius 3 is 2.47 bits per heavy atom. The summed E-state index contributed by atoms with van der Waals surface area (Å²) in [7, 11) is 0. The Bertz CT molecular complexity index is 423. The molecule has 0 heterocycles. The number of carbonyl (C=O) groups is 1. The molecule has 17 heavy (non-hydrogen) atoms. The Morgan fingerprint density at radius 2 is 2.00 bits per heavy atom. The topological polar surface area (TPSA) is 46.5 Å². The van der Waals surface area contributed by atoms with Gasteiger partial charge in [0.25, 0.3) is 0 Å². The van der Waals surface area contributed by atoms with Crippen LogP contribution in [0, 0.1) is 0 Å². The second-order valence-electron chi connectivity index (χ2n) is 3.02. The third-order valence-electron chi connectivity index (χ3n) is 1.76. The molecule has 0 saturated heterocycles. The quantitative estimate of drug-likeness (QED) is 0.808. The standard InChI is InChI=1S/C11H9Br2FO3/c12-8-5-7(1-2-10(15)16)6-9(13)11(8)17-4-3-14/h1-2,5-6H,3-4H2,(H,15,16)/b2-1+. The van der Waals surface area contributed by atoms with E-state index < -0.39 is 12.6 Å². The van der Waals surface area contributed by atoms with Crippen molar-refractivity contribution in [3.63, 3.8) is 0 Å². The summed E-state index contributed by atoms with van der Waals surface area (Å²) in [4.78, 5) is 10.4. The van der Waals surface area contributed by atoms with Crippen molar-refractivity contribution < 1.29 is 19.0 Å². The van der Waals surface area contributed by atoms with Crippen molar-refractivity contribution in [1.29, 1.82) is 0 Å². The summed E-state index contributed by atoms with van der Waals surface area (Å²) in [5, 5.41) is 8.51. The lowest BCUT2D eigenvalue weighted by molar-refractivity contribution is -0.131. The Labute approximate surface area is 115 Å². The molecule has 1 rings (SSSR count). The maximum absolute atomic E-state index is 12.0. The molecule has 1 N–H and O–H groups in total. The lowest BCUT2D eigenvalue weighted by Gasteiger charge is -2.09. The van der Waals surface area contributed by atoms with Crippen molar-refractivity contribution >= 4 is 43.9 Å². The van der Waals surface area contributed by atoms with Crippen molar-refractivity contribution in [3.8, 4) is 5.75 Å². The van der Waals surface area contributed by atoms with E-state index in [9.17, 15) is 9.18 Å². The Morgan fingerprint density at radius 1 is 1.41 bits per heavy atom. The van der Waals surface area contributed by atoms with Gasteiger partial charge in [0.05, 0.1) is 8.95 Å². The van der Waals surface area contributed by atoms with E-state index in [2.05, 4.69) is 31.9 Å². The van der Waals surface area contributed by atoms with Crippen molar-refractivity contribution in [2.75, 3.05) is 13.3 Å². The third-order valence-corrected chi connectivity index (χ3v) is 2.94. The maximum Gasteiger partial charge on any atom is 0.328 e. The second-order valence-corrected chi connectivity index (χ2v) is 4.73. The van der Waals surface area contributed by atoms with Gasteiger partial charge >= 0.3 is 5.97 Å². The van der Waals surface area contributed by atoms with E-state index >= 15 is 0 Å². The van der Waals surface area contributed by atoms with Crippen LogP contribution in [0.5, 0.6) is 5.75 Å². The lowest BCUT2D eigenvalue weighted by atomic mass is 10.2. The molecule has 6 heteroatoms. The van der Waals surface area contributed by atoms with E-state index in [1.165, 1.54) is 6.08 Å². The number of alkyl halides is 1. The normalized spacial score (nSPS) is 10.8. The summed E-state index contributed by atoms with van der Waals surface area (Å²) in [6.45, 7) is -0.596. The summed E-state index contributed by atoms with van der Waals surface area (Å²) in [6, 6.07) is 3.38. The summed E-state index contributed by atoms with van der Waals surface area (Å²) in [6.07, 6.45) is 2.49. The number of ether oxygens (including phenoxy) is 1. The number of benzene rings is 1. The van der Waals surface area contributed by atoms with Crippen LogP contribution in [0.1, 0.15) is 5.56 Å². The average Bonchev–Trinajstić information content (AvgIpc) is 2.25. The van der Waals surface area contributed by atoms with Crippen LogP contribution in [-0.4, -0.2) is 24.4 Å². The predicted molar refractivity (Wildman–Crippen MR) is 70.0 cm³/mol. The number of hydrogen-bond donors (Lipinski definition) is 1. The first-order valence-electron chi connectivity index (χ1n) is 4.63. The van der Waals surface area contributed by atoms with Gasteiger partial charge in [0, 0.05) is 6.08 Å². The van der Waals surface area contributed by atoms with Crippen molar-refractivity contribution in [3.05, 3.63) is 32.7 Å². The van der Waals surface area contributed by atoms with Gasteiger partial charge in [-0.15, -0.1) is 0 Å². The van der Waals surface area contributed by atoms with Crippen molar-refractivity contribution in [2.24, 2.45) is 0 Å². The van der Waals surface area contributed by atoms with Crippen LogP contribution < -0.4 is 4.74 Å². The SMILES string of the molecule is O=C(O)/C=C/c1cc(Br)c(OCCF)c(Br)c1. The first-order valence-corrected chi connectivity index (χ1v) is 6.22. The van der Waals surface area contributed by atoms with Crippen LogP contribution in [0.4, 0.5) is 4.39 Å². The summed E-state index contributed by atoms with van der Waals surface area (Å²) >= 11 is 6.55. The van der Waals surface area contributed by atoms with E-state index in [1.54, 1.807) is 12.1 Å². The Hall–Kier alpha value is -0.880. The highest BCUT2D eigenvalue weighted by molar-refractivity contribution is 9.11. The monoisotopic (exact) mass is 366 g/mol. The maximum atomic E-state index is 12.0. The molecule has 0 atom stereocenters. The highest BCUT2D eigenvalue weighted by atomic mass is 79.9. The van der Waals surface area contributed by atoms with Crippen LogP contribution in [0.3, 0.4) is 0 Å². The Balaban J connectivity index is 2.96. The van der Waals surface area contributed by atoms with Gasteiger partial charge in [-0.2, -0.15) is 0 Å². The molecule has 0 unspecified atom stereocenters. The number of aliphatic carboxylic acids is 1. The zero-order valence-electron chi connectivity index (χ0n) is 8.62. The number of carboxylic acid groups (broad SMARTS) is 1. The summed E-state index contributed by atoms with van der Waals surface area (Å²) in [5.74, 6) is -0.523. The molecule has 0 aliphatic heterocycles. The molecule has 0 aliphatic carbocycles. The molecule has 1 aromatic carbocycles. The van der Waals surface area contributed by atoms with Gasteiger partial charge in [-0.25, -0.2) is 9.18 Å². The van der Waals surface area contributed by atoms with Gasteiger partial charge in [0.1, 0.15) is 19.0 Å². The highest BCUT2D eigenvalue weighted by Crippen LogP contribution is 2.35. The molecule has 0 bridgehead atoms. The fourth-order valence-electron chi connectivity index (χ4n) is 1.12. The first-order chi connectivity index (χ1) is 8.04. The van der Waals surface area contributed by atoms with E-state index in [0.29, 0.717) is 20.3 Å². The molecule has 0 radical (unpaired) electrons. The number of rotatable bonds is 5. The van der Waals surface area contributed by atoms with E-state index in [0.717, 1.165) is 6.08 Å². The van der Waals surface area contributed by atoms with Crippen molar-refractivity contribution in [2.45, 2.75) is 0 Å². The summed E-state index contributed by atoms with van der Waals surface area (Å²) in [5.41, 5.74) is 0.693. The minimum Gasteiger partial charge on any atom is -0.488 e. The molecule has 0 fully saturated rings. The largest absolute Gasteiger partial charge is 0.488 e. The molecule has 0 aromatic heterocycles. The molecule has 3 nitrogen and oxygen atoms in total. The molecule has 1 aromatic rings. The third kappa shape index (κ3) is 4.47. The van der Waals surface area contributed by atoms with Gasteiger partial charge in [0.15, 0.2) is 0 Å². The average molecular weight is 368 g/mol. The van der Waals surface area contributed by atoms with E-state index in [-0.39, 0.29) is 6.61 Å². The van der Waals surface area contributed by atoms with Crippen LogP contribution in [0.25, 0.3) is 6.08 Å². The molecular formula is C11H9Br2FO3. The molecular weight excluding hydrogens is 359 g/mol. The number of hydrogen-bond acceptors (Lipinski definition) is 2.